The Hall–Kier alpha value is -7.22. The number of nitrogens with zero attached hydrogens (tertiary/aromatic N) is 1. The molecule has 0 saturated heterocycles. The first-order valence-electron chi connectivity index (χ1n) is 21.1. The van der Waals surface area contributed by atoms with Gasteiger partial charge in [0.25, 0.3) is 0 Å². The minimum atomic E-state index is -0.336. The molecule has 1 unspecified atom stereocenters. The Kier molecular flexibility index (Phi) is 8.36. The van der Waals surface area contributed by atoms with Crippen LogP contribution in [0.2, 0.25) is 0 Å². The number of anilines is 3. The predicted octanol–water partition coefficient (Wildman–Crippen LogP) is 15.8. The lowest BCUT2D eigenvalue weighted by atomic mass is 9.74. The summed E-state index contributed by atoms with van der Waals surface area (Å²) in [6.07, 6.45) is 0. The first-order chi connectivity index (χ1) is 29.4. The molecule has 0 spiro atoms. The molecule has 0 amide bonds. The second-order valence-electron chi connectivity index (χ2n) is 17.0. The molecule has 9 aromatic carbocycles. The van der Waals surface area contributed by atoms with Gasteiger partial charge in [0.15, 0.2) is 0 Å². The third-order valence-corrected chi connectivity index (χ3v) is 13.4. The Morgan fingerprint density at radius 2 is 0.783 bits per heavy atom. The number of rotatable bonds is 7. The van der Waals surface area contributed by atoms with Crippen LogP contribution in [0.15, 0.2) is 218 Å². The van der Waals surface area contributed by atoms with Gasteiger partial charge in [-0.05, 0) is 104 Å². The summed E-state index contributed by atoms with van der Waals surface area (Å²) in [5.74, 6) is 0. The van der Waals surface area contributed by atoms with E-state index in [9.17, 15) is 0 Å². The Morgan fingerprint density at radius 3 is 1.48 bits per heavy atom. The minimum Gasteiger partial charge on any atom is -0.309 e. The van der Waals surface area contributed by atoms with Gasteiger partial charge in [-0.25, -0.2) is 0 Å². The van der Waals surface area contributed by atoms with Crippen molar-refractivity contribution in [2.24, 2.45) is 0 Å². The van der Waals surface area contributed by atoms with E-state index in [0.717, 1.165) is 17.1 Å². The summed E-state index contributed by atoms with van der Waals surface area (Å²) in [6.45, 7) is 7.18. The highest BCUT2D eigenvalue weighted by atomic mass is 15.1. The highest BCUT2D eigenvalue weighted by Gasteiger charge is 2.42. The van der Waals surface area contributed by atoms with Gasteiger partial charge in [-0.1, -0.05) is 208 Å². The van der Waals surface area contributed by atoms with Crippen LogP contribution in [0.4, 0.5) is 17.1 Å². The van der Waals surface area contributed by atoms with Gasteiger partial charge < -0.3 is 4.90 Å². The summed E-state index contributed by atoms with van der Waals surface area (Å²) in [4.78, 5) is 2.53. The fourth-order valence-corrected chi connectivity index (χ4v) is 10.5. The first kappa shape index (κ1) is 35.9. The van der Waals surface area contributed by atoms with E-state index in [0.29, 0.717) is 0 Å². The molecule has 2 aliphatic rings. The molecule has 2 aliphatic carbocycles. The fraction of sp³-hybridized carbons (Fsp3) is 0.0847. The second kappa shape index (κ2) is 14.0. The standard InChI is InChI=1S/C59H45N/c1-58(2)52-29-14-10-25-47(52)50-27-18-28-51(57(50)58)49-26-13-17-32-56(49)60(55-31-16-12-23-45(55)42-35-33-41(34-36-42)40-19-6-4-7-20-40)44-37-38-48-46-24-11-15-30-53(46)59(3,54(48)39-44)43-21-8-5-9-22-43/h4-39H,1-3H3. The van der Waals surface area contributed by atoms with E-state index in [1.165, 1.54) is 83.5 Å². The van der Waals surface area contributed by atoms with E-state index in [1.807, 2.05) is 0 Å². The van der Waals surface area contributed by atoms with E-state index >= 15 is 0 Å². The van der Waals surface area contributed by atoms with Crippen molar-refractivity contribution in [2.45, 2.75) is 31.6 Å². The van der Waals surface area contributed by atoms with Gasteiger partial charge in [0.2, 0.25) is 0 Å². The average Bonchev–Trinajstić information content (AvgIpc) is 3.71. The summed E-state index contributed by atoms with van der Waals surface area (Å²) in [7, 11) is 0. The molecule has 0 fully saturated rings. The lowest BCUT2D eigenvalue weighted by Crippen LogP contribution is -2.23. The summed E-state index contributed by atoms with van der Waals surface area (Å²) >= 11 is 0. The van der Waals surface area contributed by atoms with E-state index in [-0.39, 0.29) is 10.8 Å². The highest BCUT2D eigenvalue weighted by molar-refractivity contribution is 5.98. The van der Waals surface area contributed by atoms with Crippen molar-refractivity contribution in [3.63, 3.8) is 0 Å². The molecule has 11 rings (SSSR count). The zero-order valence-corrected chi connectivity index (χ0v) is 34.2. The van der Waals surface area contributed by atoms with E-state index in [4.69, 9.17) is 0 Å². The third kappa shape index (κ3) is 5.46. The molecule has 60 heavy (non-hydrogen) atoms. The topological polar surface area (TPSA) is 3.24 Å². The molecule has 0 bridgehead atoms. The summed E-state index contributed by atoms with van der Waals surface area (Å²) in [5.41, 5.74) is 22.1. The molecular weight excluding hydrogens is 723 g/mol. The zero-order chi connectivity index (χ0) is 40.4. The van der Waals surface area contributed by atoms with Crippen LogP contribution < -0.4 is 4.90 Å². The normalized spacial score (nSPS) is 15.4. The molecule has 0 aromatic heterocycles. The van der Waals surface area contributed by atoms with E-state index in [1.54, 1.807) is 0 Å². The lowest BCUT2D eigenvalue weighted by Gasteiger charge is -2.33. The van der Waals surface area contributed by atoms with Crippen LogP contribution in [-0.2, 0) is 10.8 Å². The monoisotopic (exact) mass is 767 g/mol. The third-order valence-electron chi connectivity index (χ3n) is 13.4. The van der Waals surface area contributed by atoms with Crippen molar-refractivity contribution in [3.8, 4) is 55.6 Å². The van der Waals surface area contributed by atoms with Crippen LogP contribution in [0.25, 0.3) is 55.6 Å². The van der Waals surface area contributed by atoms with Gasteiger partial charge >= 0.3 is 0 Å². The number of fused-ring (bicyclic) bond motifs is 6. The maximum atomic E-state index is 2.53. The molecule has 0 radical (unpaired) electrons. The average molecular weight is 768 g/mol. The summed E-state index contributed by atoms with van der Waals surface area (Å²) < 4.78 is 0. The van der Waals surface area contributed by atoms with E-state index in [2.05, 4.69) is 244 Å². The SMILES string of the molecule is CC1(C)c2ccccc2-c2cccc(-c3ccccc3N(c3ccc4c(c3)C(C)(c3ccccc3)c3ccccc3-4)c3ccccc3-c3ccc(-c4ccccc4)cc3)c21. The summed E-state index contributed by atoms with van der Waals surface area (Å²) in [5, 5.41) is 0. The van der Waals surface area contributed by atoms with Crippen LogP contribution in [0.3, 0.4) is 0 Å². The Labute approximate surface area is 353 Å². The fourth-order valence-electron chi connectivity index (χ4n) is 10.5. The number of para-hydroxylation sites is 2. The van der Waals surface area contributed by atoms with Gasteiger partial charge in [-0.15, -0.1) is 0 Å². The molecule has 0 saturated carbocycles. The molecule has 0 N–H and O–H groups in total. The first-order valence-corrected chi connectivity index (χ1v) is 21.1. The van der Waals surface area contributed by atoms with Gasteiger partial charge in [0.05, 0.1) is 11.4 Å². The smallest absolute Gasteiger partial charge is 0.0540 e. The van der Waals surface area contributed by atoms with Crippen molar-refractivity contribution in [1.82, 2.24) is 0 Å². The Balaban J connectivity index is 1.15. The Bertz CT molecular complexity index is 3070. The number of hydrogen-bond acceptors (Lipinski definition) is 1. The van der Waals surface area contributed by atoms with Crippen LogP contribution in [0.1, 0.15) is 48.6 Å². The van der Waals surface area contributed by atoms with Gasteiger partial charge in [0, 0.05) is 27.6 Å². The molecule has 0 heterocycles. The van der Waals surface area contributed by atoms with Gasteiger partial charge in [-0.3, -0.25) is 0 Å². The summed E-state index contributed by atoms with van der Waals surface area (Å²) in [6, 6.07) is 80.7. The molecule has 9 aromatic rings. The number of hydrogen-bond donors (Lipinski definition) is 0. The largest absolute Gasteiger partial charge is 0.309 e. The molecule has 286 valence electrons. The van der Waals surface area contributed by atoms with Crippen LogP contribution >= 0.6 is 0 Å². The van der Waals surface area contributed by atoms with Crippen molar-refractivity contribution in [3.05, 3.63) is 246 Å². The predicted molar refractivity (Wildman–Crippen MR) is 252 cm³/mol. The molecule has 0 aliphatic heterocycles. The van der Waals surface area contributed by atoms with Gasteiger partial charge in [0.1, 0.15) is 0 Å². The lowest BCUT2D eigenvalue weighted by molar-refractivity contribution is 0.662. The number of benzene rings is 9. The molecular formula is C59H45N. The van der Waals surface area contributed by atoms with Gasteiger partial charge in [-0.2, -0.15) is 0 Å². The van der Waals surface area contributed by atoms with Crippen molar-refractivity contribution in [1.29, 1.82) is 0 Å². The van der Waals surface area contributed by atoms with Crippen molar-refractivity contribution in [2.75, 3.05) is 4.90 Å². The van der Waals surface area contributed by atoms with E-state index < -0.39 is 0 Å². The maximum absolute atomic E-state index is 2.53. The van der Waals surface area contributed by atoms with Crippen LogP contribution in [0, 0.1) is 0 Å². The van der Waals surface area contributed by atoms with Crippen LogP contribution in [0.5, 0.6) is 0 Å². The highest BCUT2D eigenvalue weighted by Crippen LogP contribution is 2.56. The minimum absolute atomic E-state index is 0.171. The molecule has 1 heteroatoms. The molecule has 1 nitrogen and oxygen atoms in total. The second-order valence-corrected chi connectivity index (χ2v) is 17.0. The Morgan fingerprint density at radius 1 is 0.317 bits per heavy atom. The zero-order valence-electron chi connectivity index (χ0n) is 34.2. The van der Waals surface area contributed by atoms with Crippen molar-refractivity contribution < 1.29 is 0 Å². The van der Waals surface area contributed by atoms with Crippen molar-refractivity contribution >= 4 is 17.1 Å². The maximum Gasteiger partial charge on any atom is 0.0540 e. The quantitative estimate of drug-likeness (QED) is 0.156. The molecule has 1 atom stereocenters. The van der Waals surface area contributed by atoms with Crippen LogP contribution in [-0.4, -0.2) is 0 Å².